The van der Waals surface area contributed by atoms with Gasteiger partial charge in [-0.05, 0) is 42.5 Å². The number of piperidine rings is 1. The molecule has 1 N–H and O–H groups in total. The molecular weight excluding hydrogens is 227 g/mol. The Labute approximate surface area is 99.0 Å². The van der Waals surface area contributed by atoms with Crippen molar-refractivity contribution in [3.63, 3.8) is 0 Å². The molecule has 1 nitrogen and oxygen atoms in total. The molecule has 1 aromatic rings. The van der Waals surface area contributed by atoms with Gasteiger partial charge in [0.25, 0.3) is 0 Å². The van der Waals surface area contributed by atoms with Crippen molar-refractivity contribution in [3.05, 3.63) is 35.4 Å². The molecule has 0 bridgehead atoms. The molecule has 1 saturated heterocycles. The lowest BCUT2D eigenvalue weighted by atomic mass is 9.86. The molecule has 0 spiro atoms. The fourth-order valence-electron chi connectivity index (χ4n) is 2.35. The van der Waals surface area contributed by atoms with Gasteiger partial charge in [0.05, 0.1) is 5.56 Å². The van der Waals surface area contributed by atoms with Crippen LogP contribution in [0, 0.1) is 5.92 Å². The van der Waals surface area contributed by atoms with E-state index < -0.39 is 11.7 Å². The summed E-state index contributed by atoms with van der Waals surface area (Å²) in [4.78, 5) is 0. The minimum Gasteiger partial charge on any atom is -0.316 e. The van der Waals surface area contributed by atoms with E-state index in [0.29, 0.717) is 11.8 Å². The third kappa shape index (κ3) is 3.00. The summed E-state index contributed by atoms with van der Waals surface area (Å²) < 4.78 is 37.2. The van der Waals surface area contributed by atoms with E-state index in [9.17, 15) is 13.2 Å². The van der Waals surface area contributed by atoms with E-state index in [-0.39, 0.29) is 0 Å². The van der Waals surface area contributed by atoms with Gasteiger partial charge in [-0.3, -0.25) is 0 Å². The van der Waals surface area contributed by atoms with Gasteiger partial charge in [0, 0.05) is 6.54 Å². The van der Waals surface area contributed by atoms with Crippen LogP contribution in [-0.2, 0) is 6.18 Å². The maximum absolute atomic E-state index is 12.4. The molecular formula is C13H16F3N. The van der Waals surface area contributed by atoms with Gasteiger partial charge in [-0.25, -0.2) is 0 Å². The van der Waals surface area contributed by atoms with Crippen LogP contribution in [0.5, 0.6) is 0 Å². The predicted molar refractivity (Wildman–Crippen MR) is 60.8 cm³/mol. The van der Waals surface area contributed by atoms with Crippen LogP contribution in [0.25, 0.3) is 0 Å². The maximum Gasteiger partial charge on any atom is 0.416 e. The molecule has 2 unspecified atom stereocenters. The Morgan fingerprint density at radius 1 is 1.12 bits per heavy atom. The lowest BCUT2D eigenvalue weighted by molar-refractivity contribution is -0.137. The topological polar surface area (TPSA) is 12.0 Å². The molecule has 1 aliphatic rings. The summed E-state index contributed by atoms with van der Waals surface area (Å²) in [6.07, 6.45) is -3.20. The molecule has 1 heterocycles. The van der Waals surface area contributed by atoms with Crippen LogP contribution < -0.4 is 5.32 Å². The number of halogens is 3. The van der Waals surface area contributed by atoms with Crippen LogP contribution in [0.3, 0.4) is 0 Å². The highest BCUT2D eigenvalue weighted by Crippen LogP contribution is 2.32. The lowest BCUT2D eigenvalue weighted by Gasteiger charge is -2.28. The monoisotopic (exact) mass is 243 g/mol. The summed E-state index contributed by atoms with van der Waals surface area (Å²) in [6, 6.07) is 5.56. The van der Waals surface area contributed by atoms with E-state index in [1.165, 1.54) is 12.1 Å². The fraction of sp³-hybridized carbons (Fsp3) is 0.538. The van der Waals surface area contributed by atoms with Gasteiger partial charge in [-0.15, -0.1) is 0 Å². The second-order valence-corrected chi connectivity index (χ2v) is 4.82. The molecule has 0 amide bonds. The van der Waals surface area contributed by atoms with Gasteiger partial charge >= 0.3 is 6.18 Å². The predicted octanol–water partition coefficient (Wildman–Crippen LogP) is 3.42. The third-order valence-electron chi connectivity index (χ3n) is 3.28. The van der Waals surface area contributed by atoms with E-state index in [4.69, 9.17) is 0 Å². The van der Waals surface area contributed by atoms with Gasteiger partial charge < -0.3 is 5.32 Å². The van der Waals surface area contributed by atoms with Crippen molar-refractivity contribution >= 4 is 0 Å². The number of alkyl halides is 3. The van der Waals surface area contributed by atoms with Crippen LogP contribution in [0.1, 0.15) is 30.4 Å². The molecule has 4 heteroatoms. The molecule has 1 fully saturated rings. The van der Waals surface area contributed by atoms with Gasteiger partial charge in [0.15, 0.2) is 0 Å². The fourth-order valence-corrected chi connectivity index (χ4v) is 2.35. The van der Waals surface area contributed by atoms with E-state index in [1.54, 1.807) is 12.1 Å². The number of hydrogen-bond donors (Lipinski definition) is 1. The molecule has 94 valence electrons. The van der Waals surface area contributed by atoms with Crippen LogP contribution in [0.4, 0.5) is 13.2 Å². The first-order valence-electron chi connectivity index (χ1n) is 5.84. The minimum atomic E-state index is -4.24. The number of nitrogens with one attached hydrogen (secondary N) is 1. The van der Waals surface area contributed by atoms with E-state index in [1.807, 2.05) is 0 Å². The van der Waals surface area contributed by atoms with Crippen LogP contribution in [-0.4, -0.2) is 13.1 Å². The summed E-state index contributed by atoms with van der Waals surface area (Å²) in [7, 11) is 0. The maximum atomic E-state index is 12.4. The summed E-state index contributed by atoms with van der Waals surface area (Å²) in [5, 5.41) is 3.31. The van der Waals surface area contributed by atoms with Crippen molar-refractivity contribution < 1.29 is 13.2 Å². The number of rotatable bonds is 1. The Kier molecular flexibility index (Phi) is 3.43. The molecule has 17 heavy (non-hydrogen) atoms. The Balaban J connectivity index is 2.12. The Morgan fingerprint density at radius 2 is 1.76 bits per heavy atom. The highest BCUT2D eigenvalue weighted by atomic mass is 19.4. The van der Waals surface area contributed by atoms with Crippen LogP contribution in [0.15, 0.2) is 24.3 Å². The lowest BCUT2D eigenvalue weighted by Crippen LogP contribution is -2.33. The molecule has 0 aromatic heterocycles. The molecule has 0 saturated carbocycles. The zero-order valence-electron chi connectivity index (χ0n) is 9.72. The van der Waals surface area contributed by atoms with Crippen molar-refractivity contribution in [3.8, 4) is 0 Å². The standard InChI is InChI=1S/C13H16F3N/c1-9-6-11(8-17-7-9)10-2-4-12(5-3-10)13(14,15)16/h2-5,9,11,17H,6-8H2,1H3. The second kappa shape index (κ2) is 4.69. The number of benzene rings is 1. The largest absolute Gasteiger partial charge is 0.416 e. The Hall–Kier alpha value is -1.03. The first-order chi connectivity index (χ1) is 7.97. The van der Waals surface area contributed by atoms with Crippen LogP contribution in [0.2, 0.25) is 0 Å². The summed E-state index contributed by atoms with van der Waals surface area (Å²) >= 11 is 0. The van der Waals surface area contributed by atoms with Crippen molar-refractivity contribution in [2.45, 2.75) is 25.4 Å². The molecule has 0 aliphatic carbocycles. The number of hydrogen-bond acceptors (Lipinski definition) is 1. The molecule has 2 atom stereocenters. The SMILES string of the molecule is CC1CNCC(c2ccc(C(F)(F)F)cc2)C1. The molecule has 2 rings (SSSR count). The smallest absolute Gasteiger partial charge is 0.316 e. The van der Waals surface area contributed by atoms with Crippen LogP contribution >= 0.6 is 0 Å². The highest BCUT2D eigenvalue weighted by Gasteiger charge is 2.30. The zero-order valence-corrected chi connectivity index (χ0v) is 9.72. The van der Waals surface area contributed by atoms with Crippen molar-refractivity contribution in [1.29, 1.82) is 0 Å². The van der Waals surface area contributed by atoms with Crippen molar-refractivity contribution in [1.82, 2.24) is 5.32 Å². The zero-order chi connectivity index (χ0) is 12.5. The molecule has 1 aliphatic heterocycles. The highest BCUT2D eigenvalue weighted by molar-refractivity contribution is 5.27. The van der Waals surface area contributed by atoms with E-state index in [2.05, 4.69) is 12.2 Å². The first kappa shape index (κ1) is 12.4. The van der Waals surface area contributed by atoms with Crippen molar-refractivity contribution in [2.75, 3.05) is 13.1 Å². The van der Waals surface area contributed by atoms with Gasteiger partial charge in [0.2, 0.25) is 0 Å². The third-order valence-corrected chi connectivity index (χ3v) is 3.28. The van der Waals surface area contributed by atoms with Gasteiger partial charge in [0.1, 0.15) is 0 Å². The normalized spacial score (nSPS) is 25.9. The quantitative estimate of drug-likeness (QED) is 0.797. The average Bonchev–Trinajstić information content (AvgIpc) is 2.28. The van der Waals surface area contributed by atoms with E-state index >= 15 is 0 Å². The average molecular weight is 243 g/mol. The van der Waals surface area contributed by atoms with Gasteiger partial charge in [-0.1, -0.05) is 19.1 Å². The Bertz CT molecular complexity index is 369. The van der Waals surface area contributed by atoms with Gasteiger partial charge in [-0.2, -0.15) is 13.2 Å². The van der Waals surface area contributed by atoms with E-state index in [0.717, 1.165) is 25.1 Å². The minimum absolute atomic E-state index is 0.334. The summed E-state index contributed by atoms with van der Waals surface area (Å²) in [5.74, 6) is 0.914. The van der Waals surface area contributed by atoms with Crippen molar-refractivity contribution in [2.24, 2.45) is 5.92 Å². The first-order valence-corrected chi connectivity index (χ1v) is 5.84. The molecule has 1 aromatic carbocycles. The second-order valence-electron chi connectivity index (χ2n) is 4.82. The summed E-state index contributed by atoms with van der Waals surface area (Å²) in [6.45, 7) is 4.01. The molecule has 0 radical (unpaired) electrons. The summed E-state index contributed by atoms with van der Waals surface area (Å²) in [5.41, 5.74) is 0.426. The Morgan fingerprint density at radius 3 is 2.29 bits per heavy atom.